The second-order valence-electron chi connectivity index (χ2n) is 14.7. The molecular weight excluding hydrogens is 795 g/mol. The number of anilines is 2. The summed E-state index contributed by atoms with van der Waals surface area (Å²) in [7, 11) is 0. The molecule has 0 radical (unpaired) electrons. The van der Waals surface area contributed by atoms with Gasteiger partial charge in [-0.15, -0.1) is 0 Å². The van der Waals surface area contributed by atoms with Gasteiger partial charge in [0.2, 0.25) is 11.8 Å². The molecule has 2 fully saturated rings. The zero-order valence-electron chi connectivity index (χ0n) is 32.4. The number of carbonyl (C=O) groups excluding carboxylic acids is 4. The van der Waals surface area contributed by atoms with E-state index in [2.05, 4.69) is 20.6 Å². The standard InChI is InChI=1S/C48H40Cl2N6O4/c49-35-9-1-7-33(29-35)39-11-3-25-51-43(39)47(59)55-27-5-13-41(55)45(57)53-37-21-17-31(18-22-37)15-16-32-19-23-38(24-20-32)54-46(58)42-14-6-28-56(42)48(60)44-40(12-4-26-52-44)34-8-2-10-36(50)30-34/h1-4,7-12,15-26,29-30,41-42H,5-6,13-14,27-28H2,(H,53,57)(H,54,58)/t41-,42-/m0/s1. The van der Waals surface area contributed by atoms with Gasteiger partial charge in [-0.25, -0.2) is 0 Å². The molecule has 6 aromatic rings. The Morgan fingerprint density at radius 3 is 1.37 bits per heavy atom. The number of rotatable bonds is 10. The molecule has 2 aliphatic heterocycles. The Balaban J connectivity index is 0.859. The van der Waals surface area contributed by atoms with E-state index < -0.39 is 12.1 Å². The Morgan fingerprint density at radius 1 is 0.550 bits per heavy atom. The molecule has 60 heavy (non-hydrogen) atoms. The average Bonchev–Trinajstić information content (AvgIpc) is 3.98. The van der Waals surface area contributed by atoms with E-state index in [1.807, 2.05) is 97.1 Å². The van der Waals surface area contributed by atoms with Gasteiger partial charge < -0.3 is 20.4 Å². The number of halogens is 2. The van der Waals surface area contributed by atoms with Crippen molar-refractivity contribution < 1.29 is 19.2 Å². The Morgan fingerprint density at radius 2 is 0.967 bits per heavy atom. The van der Waals surface area contributed by atoms with Gasteiger partial charge in [0.05, 0.1) is 0 Å². The molecule has 0 aliphatic carbocycles. The minimum atomic E-state index is -0.626. The quantitative estimate of drug-likeness (QED) is 0.133. The zero-order chi connectivity index (χ0) is 41.6. The highest BCUT2D eigenvalue weighted by Crippen LogP contribution is 2.31. The molecule has 2 aliphatic rings. The second-order valence-corrected chi connectivity index (χ2v) is 15.6. The highest BCUT2D eigenvalue weighted by Gasteiger charge is 2.37. The molecule has 4 aromatic carbocycles. The summed E-state index contributed by atoms with van der Waals surface area (Å²) in [5, 5.41) is 7.09. The van der Waals surface area contributed by atoms with E-state index in [1.54, 1.807) is 58.6 Å². The molecule has 2 saturated heterocycles. The van der Waals surface area contributed by atoms with Crippen LogP contribution in [-0.4, -0.2) is 68.6 Å². The molecule has 12 heteroatoms. The van der Waals surface area contributed by atoms with Gasteiger partial charge in [-0.2, -0.15) is 0 Å². The molecule has 0 spiro atoms. The lowest BCUT2D eigenvalue weighted by atomic mass is 10.0. The van der Waals surface area contributed by atoms with E-state index in [-0.39, 0.29) is 35.0 Å². The van der Waals surface area contributed by atoms with Gasteiger partial charge in [0.25, 0.3) is 11.8 Å². The third kappa shape index (κ3) is 9.00. The number of benzene rings is 4. The number of aromatic nitrogens is 2. The lowest BCUT2D eigenvalue weighted by Crippen LogP contribution is -2.43. The van der Waals surface area contributed by atoms with Gasteiger partial charge in [0.1, 0.15) is 23.5 Å². The van der Waals surface area contributed by atoms with E-state index in [1.165, 1.54) is 0 Å². The van der Waals surface area contributed by atoms with Crippen LogP contribution >= 0.6 is 23.2 Å². The van der Waals surface area contributed by atoms with Crippen LogP contribution in [0.3, 0.4) is 0 Å². The first-order valence-electron chi connectivity index (χ1n) is 19.8. The number of pyridine rings is 2. The van der Waals surface area contributed by atoms with Crippen LogP contribution in [0.1, 0.15) is 57.8 Å². The molecule has 2 atom stereocenters. The molecular formula is C48H40Cl2N6O4. The van der Waals surface area contributed by atoms with Crippen molar-refractivity contribution in [3.8, 4) is 22.3 Å². The lowest BCUT2D eigenvalue weighted by molar-refractivity contribution is -0.120. The van der Waals surface area contributed by atoms with Gasteiger partial charge in [0.15, 0.2) is 0 Å². The Labute approximate surface area is 357 Å². The van der Waals surface area contributed by atoms with Crippen LogP contribution in [0.25, 0.3) is 34.4 Å². The maximum Gasteiger partial charge on any atom is 0.273 e. The van der Waals surface area contributed by atoms with Crippen LogP contribution in [0.15, 0.2) is 134 Å². The number of nitrogens with one attached hydrogen (secondary N) is 2. The van der Waals surface area contributed by atoms with Crippen LogP contribution in [0, 0.1) is 0 Å². The number of nitrogens with zero attached hydrogens (tertiary/aromatic N) is 4. The van der Waals surface area contributed by atoms with Gasteiger partial charge in [-0.1, -0.05) is 96.0 Å². The average molecular weight is 836 g/mol. The Bertz CT molecular complexity index is 2420. The Kier molecular flexibility index (Phi) is 12.1. The molecule has 2 aromatic heterocycles. The molecule has 0 bridgehead atoms. The fourth-order valence-corrected chi connectivity index (χ4v) is 8.15. The summed E-state index contributed by atoms with van der Waals surface area (Å²) in [5.74, 6) is -1.09. The van der Waals surface area contributed by atoms with Crippen LogP contribution in [0.4, 0.5) is 11.4 Å². The van der Waals surface area contributed by atoms with Crippen LogP contribution in [0.5, 0.6) is 0 Å². The number of likely N-dealkylation sites (tertiary alicyclic amines) is 2. The Hall–Kier alpha value is -6.62. The number of carbonyl (C=O) groups is 4. The predicted octanol–water partition coefficient (Wildman–Crippen LogP) is 9.77. The number of hydrogen-bond acceptors (Lipinski definition) is 6. The number of hydrogen-bond donors (Lipinski definition) is 2. The molecule has 0 saturated carbocycles. The van der Waals surface area contributed by atoms with Crippen LogP contribution in [-0.2, 0) is 9.59 Å². The van der Waals surface area contributed by atoms with Crippen LogP contribution in [0.2, 0.25) is 10.0 Å². The lowest BCUT2D eigenvalue weighted by Gasteiger charge is -2.24. The smallest absolute Gasteiger partial charge is 0.273 e. The topological polar surface area (TPSA) is 125 Å². The third-order valence-corrected chi connectivity index (χ3v) is 11.2. The minimum absolute atomic E-state index is 0.250. The molecule has 4 heterocycles. The van der Waals surface area contributed by atoms with Crippen molar-refractivity contribution in [2.24, 2.45) is 0 Å². The molecule has 4 amide bonds. The van der Waals surface area contributed by atoms with Crippen molar-refractivity contribution in [2.75, 3.05) is 23.7 Å². The van der Waals surface area contributed by atoms with E-state index in [0.717, 1.165) is 22.3 Å². The summed E-state index contributed by atoms with van der Waals surface area (Å²) in [4.78, 5) is 66.6. The summed E-state index contributed by atoms with van der Waals surface area (Å²) in [6, 6.07) is 35.5. The predicted molar refractivity (Wildman–Crippen MR) is 237 cm³/mol. The molecule has 2 N–H and O–H groups in total. The van der Waals surface area contributed by atoms with Crippen molar-refractivity contribution >= 4 is 70.4 Å². The molecule has 8 rings (SSSR count). The highest BCUT2D eigenvalue weighted by atomic mass is 35.5. The van der Waals surface area contributed by atoms with E-state index in [9.17, 15) is 19.2 Å². The summed E-state index contributed by atoms with van der Waals surface area (Å²) in [6.45, 7) is 0.915. The maximum atomic E-state index is 13.8. The van der Waals surface area contributed by atoms with Gasteiger partial charge in [-0.3, -0.25) is 29.1 Å². The molecule has 10 nitrogen and oxygen atoms in total. The summed E-state index contributed by atoms with van der Waals surface area (Å²) < 4.78 is 0. The van der Waals surface area contributed by atoms with Crippen LogP contribution < -0.4 is 10.6 Å². The van der Waals surface area contributed by atoms with Gasteiger partial charge in [-0.05, 0) is 109 Å². The van der Waals surface area contributed by atoms with Crippen molar-refractivity contribution in [3.05, 3.63) is 166 Å². The summed E-state index contributed by atoms with van der Waals surface area (Å²) in [5.41, 5.74) is 6.54. The number of amides is 4. The first-order valence-corrected chi connectivity index (χ1v) is 20.5. The normalized spacial score (nSPS) is 16.2. The first kappa shape index (κ1) is 40.2. The van der Waals surface area contributed by atoms with E-state index >= 15 is 0 Å². The molecule has 0 unspecified atom stereocenters. The van der Waals surface area contributed by atoms with Crippen molar-refractivity contribution in [3.63, 3.8) is 0 Å². The summed E-state index contributed by atoms with van der Waals surface area (Å²) >= 11 is 12.5. The highest BCUT2D eigenvalue weighted by molar-refractivity contribution is 6.31. The van der Waals surface area contributed by atoms with E-state index in [0.29, 0.717) is 71.3 Å². The van der Waals surface area contributed by atoms with Crippen molar-refractivity contribution in [2.45, 2.75) is 37.8 Å². The molecule has 300 valence electrons. The largest absolute Gasteiger partial charge is 0.325 e. The van der Waals surface area contributed by atoms with Crippen molar-refractivity contribution in [1.29, 1.82) is 0 Å². The van der Waals surface area contributed by atoms with Crippen molar-refractivity contribution in [1.82, 2.24) is 19.8 Å². The third-order valence-electron chi connectivity index (χ3n) is 10.7. The fraction of sp³-hybridized carbons (Fsp3) is 0.167. The zero-order valence-corrected chi connectivity index (χ0v) is 33.9. The van der Waals surface area contributed by atoms with Gasteiger partial charge >= 0.3 is 0 Å². The minimum Gasteiger partial charge on any atom is -0.325 e. The SMILES string of the molecule is O=C(Nc1ccc(C=Cc2ccc(NC(=O)[C@@H]3CCCN3C(=O)c3ncccc3-c3cccc(Cl)c3)cc2)cc1)[C@@H]1CCCN1C(=O)c1ncccc1-c1cccc(Cl)c1. The monoisotopic (exact) mass is 834 g/mol. The second kappa shape index (κ2) is 18.1. The summed E-state index contributed by atoms with van der Waals surface area (Å²) in [6.07, 6.45) is 9.60. The fourth-order valence-electron chi connectivity index (χ4n) is 7.76. The maximum absolute atomic E-state index is 13.8. The first-order chi connectivity index (χ1) is 29.2. The van der Waals surface area contributed by atoms with Gasteiger partial charge in [0, 0.05) is 58.0 Å². The van der Waals surface area contributed by atoms with E-state index in [4.69, 9.17) is 23.2 Å².